The largest absolute Gasteiger partial charge is 0.350 e. The molecule has 3 nitrogen and oxygen atoms in total. The van der Waals surface area contributed by atoms with Crippen molar-refractivity contribution in [3.05, 3.63) is 0 Å². The fourth-order valence-electron chi connectivity index (χ4n) is 2.06. The molecule has 14 heavy (non-hydrogen) atoms. The van der Waals surface area contributed by atoms with E-state index < -0.39 is 0 Å². The molecule has 0 atom stereocenters. The summed E-state index contributed by atoms with van der Waals surface area (Å²) < 4.78 is 0. The van der Waals surface area contributed by atoms with Crippen LogP contribution >= 0.6 is 11.8 Å². The number of likely N-dealkylation sites (tertiary alicyclic amines) is 1. The van der Waals surface area contributed by atoms with Gasteiger partial charge in [-0.3, -0.25) is 4.79 Å². The molecule has 0 spiro atoms. The molecule has 2 heterocycles. The standard InChI is InChI=1S/C10H16N2OS/c1-3-10(4-2)6-12(7-10)9-11-8(13)5-14-9/h3-7H2,1-2H3. The zero-order valence-corrected chi connectivity index (χ0v) is 9.56. The highest BCUT2D eigenvalue weighted by molar-refractivity contribution is 8.14. The molecular formula is C10H16N2OS. The molecular weight excluding hydrogens is 196 g/mol. The van der Waals surface area contributed by atoms with Gasteiger partial charge in [-0.25, -0.2) is 0 Å². The van der Waals surface area contributed by atoms with Crippen LogP contribution in [0, 0.1) is 5.41 Å². The van der Waals surface area contributed by atoms with Crippen molar-refractivity contribution in [3.63, 3.8) is 0 Å². The minimum atomic E-state index is 0.0236. The van der Waals surface area contributed by atoms with E-state index in [0.717, 1.165) is 18.3 Å². The number of thioether (sulfide) groups is 1. The first-order valence-electron chi connectivity index (χ1n) is 5.18. The third-order valence-corrected chi connectivity index (χ3v) is 4.37. The molecule has 0 saturated carbocycles. The fraction of sp³-hybridized carbons (Fsp3) is 0.800. The Morgan fingerprint density at radius 1 is 1.43 bits per heavy atom. The quantitative estimate of drug-likeness (QED) is 0.699. The van der Waals surface area contributed by atoms with Crippen molar-refractivity contribution in [1.82, 2.24) is 4.90 Å². The van der Waals surface area contributed by atoms with Crippen molar-refractivity contribution >= 4 is 22.8 Å². The molecule has 0 radical (unpaired) electrons. The zero-order chi connectivity index (χ0) is 10.2. The van der Waals surface area contributed by atoms with Crippen molar-refractivity contribution in [3.8, 4) is 0 Å². The van der Waals surface area contributed by atoms with Crippen molar-refractivity contribution in [2.45, 2.75) is 26.7 Å². The van der Waals surface area contributed by atoms with Gasteiger partial charge in [0.25, 0.3) is 5.91 Å². The van der Waals surface area contributed by atoms with Crippen LogP contribution in [0.5, 0.6) is 0 Å². The lowest BCUT2D eigenvalue weighted by Gasteiger charge is -2.50. The molecule has 0 unspecified atom stereocenters. The molecule has 4 heteroatoms. The number of nitrogens with zero attached hydrogens (tertiary/aromatic N) is 2. The summed E-state index contributed by atoms with van der Waals surface area (Å²) in [4.78, 5) is 17.2. The molecule has 2 aliphatic rings. The number of amides is 1. The van der Waals surface area contributed by atoms with Gasteiger partial charge in [0.2, 0.25) is 0 Å². The van der Waals surface area contributed by atoms with E-state index in [1.54, 1.807) is 11.8 Å². The Kier molecular flexibility index (Phi) is 2.56. The van der Waals surface area contributed by atoms with E-state index in [9.17, 15) is 4.79 Å². The van der Waals surface area contributed by atoms with Crippen LogP contribution in [-0.4, -0.2) is 34.8 Å². The lowest BCUT2D eigenvalue weighted by Crippen LogP contribution is -2.57. The Hall–Kier alpha value is -0.510. The van der Waals surface area contributed by atoms with Crippen molar-refractivity contribution < 1.29 is 4.79 Å². The van der Waals surface area contributed by atoms with E-state index in [4.69, 9.17) is 0 Å². The third-order valence-electron chi connectivity index (χ3n) is 3.37. The number of carbonyl (C=O) groups excluding carboxylic acids is 1. The molecule has 1 fully saturated rings. The maximum atomic E-state index is 11.0. The van der Waals surface area contributed by atoms with Gasteiger partial charge in [-0.05, 0) is 12.8 Å². The lowest BCUT2D eigenvalue weighted by atomic mass is 9.75. The van der Waals surface area contributed by atoms with E-state index in [2.05, 4.69) is 23.7 Å². The lowest BCUT2D eigenvalue weighted by molar-refractivity contribution is -0.115. The first kappa shape index (κ1) is 10.0. The summed E-state index contributed by atoms with van der Waals surface area (Å²) in [5, 5.41) is 0.951. The average Bonchev–Trinajstić information content (AvgIpc) is 2.52. The van der Waals surface area contributed by atoms with Gasteiger partial charge in [0.1, 0.15) is 0 Å². The van der Waals surface area contributed by atoms with Gasteiger partial charge in [-0.2, -0.15) is 4.99 Å². The predicted molar refractivity (Wildman–Crippen MR) is 59.5 cm³/mol. The number of carbonyl (C=O) groups is 1. The average molecular weight is 212 g/mol. The minimum Gasteiger partial charge on any atom is -0.350 e. The molecule has 0 aromatic heterocycles. The van der Waals surface area contributed by atoms with E-state index >= 15 is 0 Å². The third kappa shape index (κ3) is 1.56. The fourth-order valence-corrected chi connectivity index (χ4v) is 2.85. The van der Waals surface area contributed by atoms with E-state index in [-0.39, 0.29) is 5.91 Å². The van der Waals surface area contributed by atoms with Crippen LogP contribution in [0.2, 0.25) is 0 Å². The topological polar surface area (TPSA) is 32.7 Å². The first-order valence-corrected chi connectivity index (χ1v) is 6.17. The van der Waals surface area contributed by atoms with E-state index in [1.807, 2.05) is 0 Å². The Morgan fingerprint density at radius 3 is 2.50 bits per heavy atom. The van der Waals surface area contributed by atoms with Crippen LogP contribution in [0.4, 0.5) is 0 Å². The first-order chi connectivity index (χ1) is 6.69. The monoisotopic (exact) mass is 212 g/mol. The summed E-state index contributed by atoms with van der Waals surface area (Å²) in [6.45, 7) is 6.66. The van der Waals surface area contributed by atoms with Gasteiger partial charge in [0.05, 0.1) is 5.75 Å². The SMILES string of the molecule is CCC1(CC)CN(C2=NC(=O)CS2)C1. The molecule has 2 aliphatic heterocycles. The minimum absolute atomic E-state index is 0.0236. The molecule has 2 rings (SSSR count). The molecule has 1 saturated heterocycles. The van der Waals surface area contributed by atoms with Crippen LogP contribution in [0.3, 0.4) is 0 Å². The normalized spacial score (nSPS) is 24.9. The molecule has 0 bridgehead atoms. The summed E-state index contributed by atoms with van der Waals surface area (Å²) in [5.74, 6) is 0.562. The number of aliphatic imine (C=N–C) groups is 1. The molecule has 0 aromatic carbocycles. The number of rotatable bonds is 2. The van der Waals surface area contributed by atoms with E-state index in [1.165, 1.54) is 12.8 Å². The predicted octanol–water partition coefficient (Wildman–Crippen LogP) is 1.74. The van der Waals surface area contributed by atoms with Gasteiger partial charge >= 0.3 is 0 Å². The smallest absolute Gasteiger partial charge is 0.258 e. The van der Waals surface area contributed by atoms with Crippen LogP contribution < -0.4 is 0 Å². The van der Waals surface area contributed by atoms with Gasteiger partial charge in [-0.1, -0.05) is 25.6 Å². The van der Waals surface area contributed by atoms with Gasteiger partial charge in [0.15, 0.2) is 5.17 Å². The summed E-state index contributed by atoms with van der Waals surface area (Å²) in [6.07, 6.45) is 2.46. The second-order valence-electron chi connectivity index (χ2n) is 4.14. The molecule has 0 N–H and O–H groups in total. The number of hydrogen-bond donors (Lipinski definition) is 0. The number of hydrogen-bond acceptors (Lipinski definition) is 3. The highest BCUT2D eigenvalue weighted by Gasteiger charge is 2.42. The molecule has 0 aromatic rings. The van der Waals surface area contributed by atoms with Crippen molar-refractivity contribution in [2.24, 2.45) is 10.4 Å². The Labute approximate surface area is 89.0 Å². The summed E-state index contributed by atoms with van der Waals surface area (Å²) in [6, 6.07) is 0. The van der Waals surface area contributed by atoms with Crippen LogP contribution in [0.15, 0.2) is 4.99 Å². The van der Waals surface area contributed by atoms with Crippen LogP contribution in [0.25, 0.3) is 0 Å². The Morgan fingerprint density at radius 2 is 2.07 bits per heavy atom. The summed E-state index contributed by atoms with van der Waals surface area (Å²) >= 11 is 1.58. The Balaban J connectivity index is 1.94. The van der Waals surface area contributed by atoms with E-state index in [0.29, 0.717) is 11.2 Å². The summed E-state index contributed by atoms with van der Waals surface area (Å²) in [5.41, 5.74) is 0.495. The zero-order valence-electron chi connectivity index (χ0n) is 8.75. The van der Waals surface area contributed by atoms with Crippen LogP contribution in [0.1, 0.15) is 26.7 Å². The maximum absolute atomic E-state index is 11.0. The highest BCUT2D eigenvalue weighted by atomic mass is 32.2. The van der Waals surface area contributed by atoms with Gasteiger partial charge in [-0.15, -0.1) is 0 Å². The number of amidine groups is 1. The Bertz CT molecular complexity index is 276. The van der Waals surface area contributed by atoms with Crippen molar-refractivity contribution in [1.29, 1.82) is 0 Å². The second-order valence-corrected chi connectivity index (χ2v) is 5.08. The highest BCUT2D eigenvalue weighted by Crippen LogP contribution is 2.39. The molecule has 0 aliphatic carbocycles. The summed E-state index contributed by atoms with van der Waals surface area (Å²) in [7, 11) is 0. The maximum Gasteiger partial charge on any atom is 0.258 e. The van der Waals surface area contributed by atoms with Crippen molar-refractivity contribution in [2.75, 3.05) is 18.8 Å². The molecule has 78 valence electrons. The van der Waals surface area contributed by atoms with Crippen LogP contribution in [-0.2, 0) is 4.79 Å². The van der Waals surface area contributed by atoms with Gasteiger partial charge < -0.3 is 4.90 Å². The second kappa shape index (κ2) is 3.57. The molecule has 1 amide bonds. The van der Waals surface area contributed by atoms with Gasteiger partial charge in [0, 0.05) is 18.5 Å².